The molecule has 0 heterocycles. The van der Waals surface area contributed by atoms with Crippen LogP contribution in [0, 0.1) is 6.92 Å². The van der Waals surface area contributed by atoms with Gasteiger partial charge in [-0.25, -0.2) is 0 Å². The molecule has 0 aliphatic carbocycles. The van der Waals surface area contributed by atoms with Crippen LogP contribution in [0.3, 0.4) is 0 Å². The topological polar surface area (TPSA) is 83.8 Å². The first kappa shape index (κ1) is 15.2. The summed E-state index contributed by atoms with van der Waals surface area (Å²) in [6, 6.07) is 1.34. The lowest BCUT2D eigenvalue weighted by Gasteiger charge is -2.12. The van der Waals surface area contributed by atoms with Gasteiger partial charge in [-0.05, 0) is 25.5 Å². The van der Waals surface area contributed by atoms with Gasteiger partial charge in [0.05, 0.1) is 11.7 Å². The molecular formula is C14H18O5. The fraction of sp³-hybridized carbons (Fsp3) is 0.429. The molecule has 0 fully saturated rings. The van der Waals surface area contributed by atoms with E-state index in [1.807, 2.05) is 0 Å². The van der Waals surface area contributed by atoms with E-state index in [1.165, 1.54) is 20.1 Å². The van der Waals surface area contributed by atoms with E-state index in [-0.39, 0.29) is 47.4 Å². The molecule has 0 aliphatic heterocycles. The molecule has 1 aromatic rings. The Kier molecular flexibility index (Phi) is 5.06. The summed E-state index contributed by atoms with van der Waals surface area (Å²) in [5.41, 5.74) is 0.598. The number of carbonyl (C=O) groups excluding carboxylic acids is 2. The van der Waals surface area contributed by atoms with Crippen LogP contribution in [-0.2, 0) is 16.0 Å². The second-order valence-corrected chi connectivity index (χ2v) is 4.53. The van der Waals surface area contributed by atoms with Crippen molar-refractivity contribution in [3.05, 3.63) is 22.8 Å². The van der Waals surface area contributed by atoms with Gasteiger partial charge in [-0.2, -0.15) is 0 Å². The maximum Gasteiger partial charge on any atom is 0.154 e. The minimum atomic E-state index is -0.280. The molecular weight excluding hydrogens is 248 g/mol. The monoisotopic (exact) mass is 266 g/mol. The molecule has 0 bridgehead atoms. The number of rotatable bonds is 6. The zero-order valence-electron chi connectivity index (χ0n) is 11.3. The Balaban J connectivity index is 3.01. The average Bonchev–Trinajstić information content (AvgIpc) is 2.36. The highest BCUT2D eigenvalue weighted by molar-refractivity contribution is 5.88. The highest BCUT2D eigenvalue weighted by Gasteiger charge is 2.17. The summed E-state index contributed by atoms with van der Waals surface area (Å²) in [4.78, 5) is 22.8. The summed E-state index contributed by atoms with van der Waals surface area (Å²) >= 11 is 0. The highest BCUT2D eigenvalue weighted by Crippen LogP contribution is 2.32. The van der Waals surface area contributed by atoms with Crippen LogP contribution in [0.5, 0.6) is 11.5 Å². The van der Waals surface area contributed by atoms with Crippen LogP contribution in [0.25, 0.3) is 0 Å². The van der Waals surface area contributed by atoms with Gasteiger partial charge in [0.25, 0.3) is 0 Å². The molecule has 5 nitrogen and oxygen atoms in total. The van der Waals surface area contributed by atoms with Crippen molar-refractivity contribution in [2.24, 2.45) is 0 Å². The molecule has 0 unspecified atom stereocenters. The summed E-state index contributed by atoms with van der Waals surface area (Å²) in [7, 11) is 1.51. The van der Waals surface area contributed by atoms with Crippen molar-refractivity contribution in [2.75, 3.05) is 7.11 Å². The first-order valence-corrected chi connectivity index (χ1v) is 5.94. The number of aldehydes is 1. The second kappa shape index (κ2) is 6.33. The Labute approximate surface area is 111 Å². The summed E-state index contributed by atoms with van der Waals surface area (Å²) in [5, 5.41) is 19.4. The standard InChI is InChI=1S/C14H18O5/c1-8(19-3)4-11(16)5-10-6-13(17)9(2)14(18)12(10)7-15/h6-8,17-18H,4-5H2,1-3H3/t8-/m0/s1. The first-order chi connectivity index (χ1) is 8.90. The van der Waals surface area contributed by atoms with Crippen LogP contribution in [-0.4, -0.2) is 35.5 Å². The van der Waals surface area contributed by atoms with Gasteiger partial charge in [0.2, 0.25) is 0 Å². The normalized spacial score (nSPS) is 12.2. The molecule has 0 aromatic heterocycles. The highest BCUT2D eigenvalue weighted by atomic mass is 16.5. The van der Waals surface area contributed by atoms with Gasteiger partial charge in [0, 0.05) is 25.5 Å². The van der Waals surface area contributed by atoms with Crippen molar-refractivity contribution < 1.29 is 24.5 Å². The van der Waals surface area contributed by atoms with Crippen LogP contribution < -0.4 is 0 Å². The first-order valence-electron chi connectivity index (χ1n) is 5.94. The molecule has 1 rings (SSSR count). The fourth-order valence-corrected chi connectivity index (χ4v) is 1.79. The average molecular weight is 266 g/mol. The fourth-order valence-electron chi connectivity index (χ4n) is 1.79. The zero-order valence-corrected chi connectivity index (χ0v) is 11.3. The molecule has 0 saturated carbocycles. The van der Waals surface area contributed by atoms with Crippen molar-refractivity contribution in [2.45, 2.75) is 32.8 Å². The van der Waals surface area contributed by atoms with E-state index in [2.05, 4.69) is 0 Å². The van der Waals surface area contributed by atoms with E-state index in [9.17, 15) is 19.8 Å². The number of aromatic hydroxyl groups is 2. The van der Waals surface area contributed by atoms with Crippen molar-refractivity contribution in [1.29, 1.82) is 0 Å². The maximum absolute atomic E-state index is 11.8. The number of Topliss-reactive ketones (excluding diaryl/α,β-unsaturated/α-hetero) is 1. The molecule has 0 aliphatic rings. The lowest BCUT2D eigenvalue weighted by Crippen LogP contribution is -2.14. The van der Waals surface area contributed by atoms with E-state index in [0.29, 0.717) is 11.8 Å². The third-order valence-electron chi connectivity index (χ3n) is 3.07. The summed E-state index contributed by atoms with van der Waals surface area (Å²) in [5.74, 6) is -0.539. The Morgan fingerprint density at radius 1 is 1.47 bits per heavy atom. The number of hydrogen-bond acceptors (Lipinski definition) is 5. The molecule has 19 heavy (non-hydrogen) atoms. The lowest BCUT2D eigenvalue weighted by atomic mass is 9.97. The number of benzene rings is 1. The van der Waals surface area contributed by atoms with E-state index >= 15 is 0 Å². The molecule has 1 aromatic carbocycles. The van der Waals surface area contributed by atoms with E-state index in [1.54, 1.807) is 6.92 Å². The maximum atomic E-state index is 11.8. The van der Waals surface area contributed by atoms with Crippen LogP contribution in [0.15, 0.2) is 6.07 Å². The minimum absolute atomic E-state index is 0.0246. The van der Waals surface area contributed by atoms with Gasteiger partial charge in [0.1, 0.15) is 17.3 Å². The van der Waals surface area contributed by atoms with Crippen molar-refractivity contribution in [1.82, 2.24) is 0 Å². The van der Waals surface area contributed by atoms with Gasteiger partial charge >= 0.3 is 0 Å². The Morgan fingerprint density at radius 3 is 2.63 bits per heavy atom. The van der Waals surface area contributed by atoms with Crippen LogP contribution in [0.4, 0.5) is 0 Å². The summed E-state index contributed by atoms with van der Waals surface area (Å²) in [6.07, 6.45) is 0.470. The number of hydrogen-bond donors (Lipinski definition) is 2. The van der Waals surface area contributed by atoms with Gasteiger partial charge in [-0.1, -0.05) is 0 Å². The molecule has 104 valence electrons. The summed E-state index contributed by atoms with van der Waals surface area (Å²) < 4.78 is 4.99. The quantitative estimate of drug-likeness (QED) is 0.766. The molecule has 1 atom stereocenters. The second-order valence-electron chi connectivity index (χ2n) is 4.53. The van der Waals surface area contributed by atoms with Crippen LogP contribution >= 0.6 is 0 Å². The predicted molar refractivity (Wildman–Crippen MR) is 69.7 cm³/mol. The van der Waals surface area contributed by atoms with E-state index in [0.717, 1.165) is 0 Å². The Hall–Kier alpha value is -1.88. The van der Waals surface area contributed by atoms with Crippen molar-refractivity contribution >= 4 is 12.1 Å². The molecule has 0 spiro atoms. The Bertz CT molecular complexity index is 493. The van der Waals surface area contributed by atoms with Gasteiger partial charge in [-0.15, -0.1) is 0 Å². The Morgan fingerprint density at radius 2 is 2.11 bits per heavy atom. The number of carbonyl (C=O) groups is 2. The number of ketones is 1. The molecule has 0 saturated heterocycles. The molecule has 0 amide bonds. The lowest BCUT2D eigenvalue weighted by molar-refractivity contribution is -0.120. The predicted octanol–water partition coefficient (Wildman–Crippen LogP) is 1.76. The smallest absolute Gasteiger partial charge is 0.154 e. The van der Waals surface area contributed by atoms with Gasteiger partial charge in [-0.3, -0.25) is 9.59 Å². The number of phenols is 2. The van der Waals surface area contributed by atoms with Crippen molar-refractivity contribution in [3.8, 4) is 11.5 Å². The van der Waals surface area contributed by atoms with Crippen LogP contribution in [0.2, 0.25) is 0 Å². The zero-order chi connectivity index (χ0) is 14.6. The molecule has 0 radical (unpaired) electrons. The summed E-state index contributed by atoms with van der Waals surface area (Å²) in [6.45, 7) is 3.26. The minimum Gasteiger partial charge on any atom is -0.508 e. The van der Waals surface area contributed by atoms with E-state index < -0.39 is 0 Å². The number of methoxy groups -OCH3 is 1. The van der Waals surface area contributed by atoms with E-state index in [4.69, 9.17) is 4.74 Å². The third kappa shape index (κ3) is 3.54. The van der Waals surface area contributed by atoms with Gasteiger partial charge < -0.3 is 14.9 Å². The number of ether oxygens (including phenoxy) is 1. The third-order valence-corrected chi connectivity index (χ3v) is 3.07. The largest absolute Gasteiger partial charge is 0.508 e. The van der Waals surface area contributed by atoms with Crippen molar-refractivity contribution in [3.63, 3.8) is 0 Å². The SMILES string of the molecule is CO[C@@H](C)CC(=O)Cc1cc(O)c(C)c(O)c1C=O. The van der Waals surface area contributed by atoms with Gasteiger partial charge in [0.15, 0.2) is 6.29 Å². The molecule has 2 N–H and O–H groups in total. The molecule has 5 heteroatoms. The van der Waals surface area contributed by atoms with Crippen LogP contribution in [0.1, 0.15) is 34.8 Å². The number of phenolic OH excluding ortho intramolecular Hbond substituents is 2.